The summed E-state index contributed by atoms with van der Waals surface area (Å²) in [5.41, 5.74) is 0. The Morgan fingerprint density at radius 2 is 1.00 bits per heavy atom. The van der Waals surface area contributed by atoms with Gasteiger partial charge in [0.15, 0.2) is 0 Å². The number of rotatable bonds is 0. The normalized spacial score (nSPS) is 4.36. The molecule has 0 aromatic carbocycles. The van der Waals surface area contributed by atoms with Crippen LogP contribution in [0.3, 0.4) is 0 Å². The fraction of sp³-hybridized carbons (Fsp3) is 0. The Kier molecular flexibility index (Phi) is 60.4. The van der Waals surface area contributed by atoms with Crippen molar-refractivity contribution in [2.75, 3.05) is 0 Å². The Bertz CT molecular complexity index is 78.6. The van der Waals surface area contributed by atoms with Crippen molar-refractivity contribution >= 4 is 50.0 Å². The van der Waals surface area contributed by atoms with E-state index in [0.29, 0.717) is 0 Å². The van der Waals surface area contributed by atoms with Gasteiger partial charge in [0.05, 0.1) is 0 Å². The van der Waals surface area contributed by atoms with Crippen molar-refractivity contribution in [2.45, 2.75) is 0 Å². The van der Waals surface area contributed by atoms with Gasteiger partial charge in [-0.15, -0.1) is 0 Å². The molecule has 0 atom stereocenters. The second-order valence-electron chi connectivity index (χ2n) is 0.532. The molecule has 0 aromatic rings. The summed E-state index contributed by atoms with van der Waals surface area (Å²) in [5.74, 6) is 0. The molecule has 0 aromatic heterocycles. The fourth-order valence-corrected chi connectivity index (χ4v) is 0. The summed E-state index contributed by atoms with van der Waals surface area (Å²) >= 11 is 0. The van der Waals surface area contributed by atoms with Crippen molar-refractivity contribution in [1.29, 1.82) is 0 Å². The van der Waals surface area contributed by atoms with Gasteiger partial charge >= 0.3 is 67.3 Å². The molecule has 0 radical (unpaired) electrons. The summed E-state index contributed by atoms with van der Waals surface area (Å²) in [7, 11) is 0. The monoisotopic (exact) mass is 220 g/mol. The molecule has 0 bridgehead atoms. The van der Waals surface area contributed by atoms with Crippen LogP contribution in [0.2, 0.25) is 0 Å². The molecular weight excluding hydrogens is 219 g/mol. The first-order valence-electron chi connectivity index (χ1n) is 1.26. The van der Waals surface area contributed by atoms with E-state index in [-0.39, 0.29) is 79.7 Å². The topological polar surface area (TPSA) is 121 Å². The van der Waals surface area contributed by atoms with Gasteiger partial charge in [0.1, 0.15) is 0 Å². The van der Waals surface area contributed by atoms with Crippen LogP contribution in [0, 0.1) is 0 Å². The maximum atomic E-state index is 8.44. The number of carbonyl (C=O) groups is 2. The van der Waals surface area contributed by atoms with Gasteiger partial charge in [0.25, 0.3) is 0 Å². The first kappa shape index (κ1) is 29.6. The SMILES string of the molecule is O=C([O-])O.O=C([O-])O.[Ca+2].[Cl-].[Na+]. The Morgan fingerprint density at radius 3 is 1.00 bits per heavy atom. The minimum Gasteiger partial charge on any atom is -1.00 e. The molecular formula is C2H2CaClNaO6. The summed E-state index contributed by atoms with van der Waals surface area (Å²) in [6, 6.07) is 0. The summed E-state index contributed by atoms with van der Waals surface area (Å²) < 4.78 is 0. The zero-order chi connectivity index (χ0) is 7.15. The van der Waals surface area contributed by atoms with Crippen LogP contribution < -0.4 is 52.2 Å². The quantitative estimate of drug-likeness (QED) is 0.391. The van der Waals surface area contributed by atoms with E-state index >= 15 is 0 Å². The van der Waals surface area contributed by atoms with Crippen LogP contribution in [-0.2, 0) is 0 Å². The molecule has 0 aliphatic heterocycles. The Morgan fingerprint density at radius 1 is 1.00 bits per heavy atom. The third-order valence-corrected chi connectivity index (χ3v) is 0. The Labute approximate surface area is 120 Å². The number of hydrogen-bond donors (Lipinski definition) is 2. The predicted octanol–water partition coefficient (Wildman–Crippen LogP) is -8.60. The average molecular weight is 221 g/mol. The summed E-state index contributed by atoms with van der Waals surface area (Å²) in [5, 5.41) is 30.6. The number of carboxylic acid groups (broad SMARTS) is 4. The molecule has 6 nitrogen and oxygen atoms in total. The first-order chi connectivity index (χ1) is 3.46. The molecule has 56 valence electrons. The minimum atomic E-state index is -2.08. The van der Waals surface area contributed by atoms with Crippen molar-refractivity contribution in [3.8, 4) is 0 Å². The van der Waals surface area contributed by atoms with Gasteiger partial charge < -0.3 is 42.4 Å². The largest absolute Gasteiger partial charge is 2.00 e. The molecule has 0 saturated heterocycles. The standard InChI is InChI=1S/2CH2O3.Ca.ClH.Na/c2*2-1(3)4;;;/h2*(H2,2,3,4);;1H;/q;;+2;;+1/p-3. The summed E-state index contributed by atoms with van der Waals surface area (Å²) in [4.78, 5) is 16.9. The molecule has 0 saturated carbocycles. The maximum absolute atomic E-state index is 8.44. The van der Waals surface area contributed by atoms with E-state index < -0.39 is 12.3 Å². The average Bonchev–Trinajstić information content (AvgIpc) is 1.25. The van der Waals surface area contributed by atoms with Gasteiger partial charge in [-0.1, -0.05) is 0 Å². The van der Waals surface area contributed by atoms with Crippen LogP contribution >= 0.6 is 0 Å². The van der Waals surface area contributed by atoms with Crippen molar-refractivity contribution in [2.24, 2.45) is 0 Å². The van der Waals surface area contributed by atoms with Gasteiger partial charge in [-0.3, -0.25) is 0 Å². The smallest absolute Gasteiger partial charge is 1.00 e. The van der Waals surface area contributed by atoms with Crippen molar-refractivity contribution in [3.05, 3.63) is 0 Å². The van der Waals surface area contributed by atoms with Crippen LogP contribution in [0.25, 0.3) is 0 Å². The zero-order valence-corrected chi connectivity index (χ0v) is 10.6. The maximum Gasteiger partial charge on any atom is 2.00 e. The Hall–Kier alpha value is 1.09. The van der Waals surface area contributed by atoms with Gasteiger partial charge in [-0.05, 0) is 0 Å². The third-order valence-electron chi connectivity index (χ3n) is 0. The van der Waals surface area contributed by atoms with Gasteiger partial charge in [-0.2, -0.15) is 0 Å². The molecule has 0 aliphatic rings. The molecule has 0 unspecified atom stereocenters. The van der Waals surface area contributed by atoms with E-state index in [1.807, 2.05) is 0 Å². The van der Waals surface area contributed by atoms with E-state index in [1.165, 1.54) is 0 Å². The second-order valence-corrected chi connectivity index (χ2v) is 0.532. The zero-order valence-electron chi connectivity index (χ0n) is 5.61. The Balaban J connectivity index is -0.0000000171. The van der Waals surface area contributed by atoms with Crippen LogP contribution in [0.5, 0.6) is 0 Å². The molecule has 11 heavy (non-hydrogen) atoms. The van der Waals surface area contributed by atoms with Crippen LogP contribution in [-0.4, -0.2) is 60.3 Å². The van der Waals surface area contributed by atoms with E-state index in [9.17, 15) is 0 Å². The first-order valence-corrected chi connectivity index (χ1v) is 1.26. The van der Waals surface area contributed by atoms with Gasteiger partial charge in [0.2, 0.25) is 12.3 Å². The van der Waals surface area contributed by atoms with Gasteiger partial charge in [0, 0.05) is 0 Å². The van der Waals surface area contributed by atoms with Gasteiger partial charge in [-0.25, -0.2) is 0 Å². The van der Waals surface area contributed by atoms with E-state index in [0.717, 1.165) is 0 Å². The molecule has 2 N–H and O–H groups in total. The molecule has 0 spiro atoms. The molecule has 0 heterocycles. The number of halogens is 1. The van der Waals surface area contributed by atoms with Crippen molar-refractivity contribution in [3.63, 3.8) is 0 Å². The summed E-state index contributed by atoms with van der Waals surface area (Å²) in [6.45, 7) is 0. The van der Waals surface area contributed by atoms with Crippen molar-refractivity contribution in [1.82, 2.24) is 0 Å². The molecule has 0 aliphatic carbocycles. The second kappa shape index (κ2) is 22.5. The minimum absolute atomic E-state index is 0. The number of hydrogen-bond acceptors (Lipinski definition) is 4. The molecule has 0 amide bonds. The van der Waals surface area contributed by atoms with E-state index in [4.69, 9.17) is 30.0 Å². The third kappa shape index (κ3) is 772. The predicted molar refractivity (Wildman–Crippen MR) is 21.8 cm³/mol. The van der Waals surface area contributed by atoms with Crippen LogP contribution in [0.15, 0.2) is 0 Å². The molecule has 0 rings (SSSR count). The van der Waals surface area contributed by atoms with E-state index in [1.54, 1.807) is 0 Å². The van der Waals surface area contributed by atoms with Crippen LogP contribution in [0.4, 0.5) is 9.59 Å². The van der Waals surface area contributed by atoms with Crippen molar-refractivity contribution < 1.29 is 72.0 Å². The summed E-state index contributed by atoms with van der Waals surface area (Å²) in [6.07, 6.45) is -4.17. The fourth-order valence-electron chi connectivity index (χ4n) is 0. The van der Waals surface area contributed by atoms with E-state index in [2.05, 4.69) is 0 Å². The van der Waals surface area contributed by atoms with Crippen LogP contribution in [0.1, 0.15) is 0 Å². The molecule has 0 fully saturated rings. The molecule has 9 heteroatoms.